The van der Waals surface area contributed by atoms with Crippen LogP contribution in [0.1, 0.15) is 30.4 Å². The number of ketones is 1. The molecule has 0 spiro atoms. The van der Waals surface area contributed by atoms with Gasteiger partial charge in [0.2, 0.25) is 5.91 Å². The van der Waals surface area contributed by atoms with E-state index in [0.29, 0.717) is 31.6 Å². The van der Waals surface area contributed by atoms with Crippen molar-refractivity contribution in [2.24, 2.45) is 5.92 Å². The van der Waals surface area contributed by atoms with E-state index in [4.69, 9.17) is 4.74 Å². The minimum absolute atomic E-state index is 0.0297. The van der Waals surface area contributed by atoms with Gasteiger partial charge in [0, 0.05) is 30.3 Å². The Hall–Kier alpha value is -2.79. The van der Waals surface area contributed by atoms with E-state index >= 15 is 0 Å². The molecule has 0 saturated carbocycles. The van der Waals surface area contributed by atoms with E-state index in [2.05, 4.69) is 10.3 Å². The minimum atomic E-state index is -0.103. The van der Waals surface area contributed by atoms with Gasteiger partial charge in [-0.05, 0) is 41.7 Å². The lowest BCUT2D eigenvalue weighted by Gasteiger charge is -2.19. The second-order valence-corrected chi connectivity index (χ2v) is 7.45. The molecule has 2 aliphatic rings. The molecule has 28 heavy (non-hydrogen) atoms. The van der Waals surface area contributed by atoms with Crippen LogP contribution in [0.3, 0.4) is 0 Å². The predicted octanol–water partition coefficient (Wildman–Crippen LogP) is 2.96. The summed E-state index contributed by atoms with van der Waals surface area (Å²) in [6.45, 7) is 1.14. The van der Waals surface area contributed by atoms with Gasteiger partial charge in [-0.15, -0.1) is 0 Å². The molecule has 2 heterocycles. The van der Waals surface area contributed by atoms with Crippen molar-refractivity contribution >= 4 is 17.3 Å². The van der Waals surface area contributed by atoms with E-state index in [1.807, 2.05) is 42.5 Å². The summed E-state index contributed by atoms with van der Waals surface area (Å²) in [7, 11) is 0. The number of nitrogens with zero attached hydrogens (tertiary/aromatic N) is 1. The van der Waals surface area contributed by atoms with Gasteiger partial charge in [0.25, 0.3) is 0 Å². The topological polar surface area (TPSA) is 68.3 Å². The smallest absolute Gasteiger partial charge is 0.224 e. The predicted molar refractivity (Wildman–Crippen MR) is 106 cm³/mol. The van der Waals surface area contributed by atoms with Crippen molar-refractivity contribution in [1.29, 1.82) is 0 Å². The number of carbonyl (C=O) groups excluding carboxylic acids is 2. The van der Waals surface area contributed by atoms with E-state index in [0.717, 1.165) is 17.6 Å². The Bertz CT molecular complexity index is 877. The van der Waals surface area contributed by atoms with Crippen LogP contribution in [0.2, 0.25) is 0 Å². The van der Waals surface area contributed by atoms with Crippen molar-refractivity contribution < 1.29 is 14.3 Å². The second kappa shape index (κ2) is 8.48. The molecule has 5 nitrogen and oxygen atoms in total. The summed E-state index contributed by atoms with van der Waals surface area (Å²) >= 11 is 0. The third-order valence-electron chi connectivity index (χ3n) is 5.55. The van der Waals surface area contributed by atoms with Crippen LogP contribution in [0.4, 0.5) is 0 Å². The van der Waals surface area contributed by atoms with Gasteiger partial charge < -0.3 is 10.1 Å². The quantitative estimate of drug-likeness (QED) is 0.842. The van der Waals surface area contributed by atoms with Crippen LogP contribution in [-0.2, 0) is 20.7 Å². The van der Waals surface area contributed by atoms with Gasteiger partial charge in [0.1, 0.15) is 0 Å². The van der Waals surface area contributed by atoms with Gasteiger partial charge >= 0.3 is 0 Å². The third-order valence-corrected chi connectivity index (χ3v) is 5.55. The molecule has 0 bridgehead atoms. The number of nitrogens with one attached hydrogen (secondary N) is 1. The summed E-state index contributed by atoms with van der Waals surface area (Å²) in [5, 5.41) is 3.10. The van der Waals surface area contributed by atoms with E-state index in [-0.39, 0.29) is 30.1 Å². The first-order valence-electron chi connectivity index (χ1n) is 9.77. The minimum Gasteiger partial charge on any atom is -0.379 e. The Morgan fingerprint density at radius 2 is 1.86 bits per heavy atom. The van der Waals surface area contributed by atoms with Crippen molar-refractivity contribution in [3.63, 3.8) is 0 Å². The lowest BCUT2D eigenvalue weighted by atomic mass is 9.95. The number of amides is 1. The number of hydrogen-bond acceptors (Lipinski definition) is 4. The Kier molecular flexibility index (Phi) is 5.63. The molecule has 1 aliphatic carbocycles. The standard InChI is InChI=1S/C23H24N2O3/c26-22-7-6-19(17-4-2-1-3-5-17)20(22)13-23(27)25-21-15-28-14-18(21)12-16-8-10-24-11-9-16/h1-5,8-11,18,21H,6-7,12-15H2,(H,25,27)/t18-,21-/m1/s1. The van der Waals surface area contributed by atoms with Gasteiger partial charge in [0.15, 0.2) is 5.78 Å². The highest BCUT2D eigenvalue weighted by Gasteiger charge is 2.31. The van der Waals surface area contributed by atoms with Crippen molar-refractivity contribution in [1.82, 2.24) is 10.3 Å². The SMILES string of the molecule is O=C(CC1=C(c2ccccc2)CCC1=O)N[C@@H]1COC[C@H]1Cc1ccncc1. The number of benzene rings is 1. The van der Waals surface area contributed by atoms with Gasteiger partial charge in [-0.25, -0.2) is 0 Å². The summed E-state index contributed by atoms with van der Waals surface area (Å²) in [5.74, 6) is 0.215. The van der Waals surface area contributed by atoms with E-state index in [9.17, 15) is 9.59 Å². The first kappa shape index (κ1) is 18.6. The number of rotatable bonds is 6. The molecule has 0 unspecified atom stereocenters. The number of allylic oxidation sites excluding steroid dienone is 1. The first-order valence-corrected chi connectivity index (χ1v) is 9.77. The highest BCUT2D eigenvalue weighted by Crippen LogP contribution is 2.33. The number of aromatic nitrogens is 1. The maximum atomic E-state index is 12.7. The summed E-state index contributed by atoms with van der Waals surface area (Å²) in [6.07, 6.45) is 5.74. The fraction of sp³-hybridized carbons (Fsp3) is 0.348. The van der Waals surface area contributed by atoms with E-state index in [1.54, 1.807) is 12.4 Å². The molecule has 1 amide bonds. The molecule has 2 aromatic rings. The monoisotopic (exact) mass is 376 g/mol. The molecule has 1 aromatic carbocycles. The zero-order chi connectivity index (χ0) is 19.3. The van der Waals surface area contributed by atoms with Crippen LogP contribution in [0, 0.1) is 5.92 Å². The number of carbonyl (C=O) groups is 2. The van der Waals surface area contributed by atoms with E-state index in [1.165, 1.54) is 5.56 Å². The molecule has 0 radical (unpaired) electrons. The van der Waals surface area contributed by atoms with Gasteiger partial charge in [-0.2, -0.15) is 0 Å². The van der Waals surface area contributed by atoms with Crippen LogP contribution in [-0.4, -0.2) is 35.9 Å². The molecule has 144 valence electrons. The van der Waals surface area contributed by atoms with Crippen LogP contribution >= 0.6 is 0 Å². The molecule has 5 heteroatoms. The lowest BCUT2D eigenvalue weighted by Crippen LogP contribution is -2.40. The largest absolute Gasteiger partial charge is 0.379 e. The van der Waals surface area contributed by atoms with Crippen LogP contribution in [0.15, 0.2) is 60.4 Å². The maximum absolute atomic E-state index is 12.7. The number of ether oxygens (including phenoxy) is 1. The van der Waals surface area contributed by atoms with Gasteiger partial charge in [-0.1, -0.05) is 30.3 Å². The summed E-state index contributed by atoms with van der Waals surface area (Å²) in [6, 6.07) is 13.8. The molecule has 1 saturated heterocycles. The van der Waals surface area contributed by atoms with Crippen molar-refractivity contribution in [3.8, 4) is 0 Å². The highest BCUT2D eigenvalue weighted by atomic mass is 16.5. The van der Waals surface area contributed by atoms with Gasteiger partial charge in [-0.3, -0.25) is 14.6 Å². The van der Waals surface area contributed by atoms with Crippen molar-refractivity contribution in [2.45, 2.75) is 31.7 Å². The molecule has 1 N–H and O–H groups in total. The Morgan fingerprint density at radius 1 is 1.07 bits per heavy atom. The van der Waals surface area contributed by atoms with E-state index < -0.39 is 0 Å². The molecule has 2 atom stereocenters. The average molecular weight is 376 g/mol. The molecule has 4 rings (SSSR count). The van der Waals surface area contributed by atoms with Crippen LogP contribution < -0.4 is 5.32 Å². The van der Waals surface area contributed by atoms with Crippen LogP contribution in [0.5, 0.6) is 0 Å². The lowest BCUT2D eigenvalue weighted by molar-refractivity contribution is -0.123. The zero-order valence-electron chi connectivity index (χ0n) is 15.8. The average Bonchev–Trinajstić information content (AvgIpc) is 3.30. The third kappa shape index (κ3) is 4.20. The Balaban J connectivity index is 1.42. The molecular weight excluding hydrogens is 352 g/mol. The summed E-state index contributed by atoms with van der Waals surface area (Å²) < 4.78 is 5.62. The number of pyridine rings is 1. The van der Waals surface area contributed by atoms with Crippen LogP contribution in [0.25, 0.3) is 5.57 Å². The molecule has 1 fully saturated rings. The normalized spacial score (nSPS) is 21.9. The molecule has 1 aromatic heterocycles. The van der Waals surface area contributed by atoms with Gasteiger partial charge in [0.05, 0.1) is 25.7 Å². The van der Waals surface area contributed by atoms with Crippen molar-refractivity contribution in [3.05, 3.63) is 71.6 Å². The fourth-order valence-corrected chi connectivity index (χ4v) is 4.07. The second-order valence-electron chi connectivity index (χ2n) is 7.45. The number of hydrogen-bond donors (Lipinski definition) is 1. The van der Waals surface area contributed by atoms with Crippen molar-refractivity contribution in [2.75, 3.05) is 13.2 Å². The zero-order valence-corrected chi connectivity index (χ0v) is 15.8. The summed E-state index contributed by atoms with van der Waals surface area (Å²) in [5.41, 5.74) is 3.89. The Morgan fingerprint density at radius 3 is 2.64 bits per heavy atom. The first-order chi connectivity index (χ1) is 13.7. The molecule has 1 aliphatic heterocycles. The Labute approximate surface area is 164 Å². The molecular formula is C23H24N2O3. The summed E-state index contributed by atoms with van der Waals surface area (Å²) in [4.78, 5) is 29.1. The highest BCUT2D eigenvalue weighted by molar-refractivity contribution is 6.10. The maximum Gasteiger partial charge on any atom is 0.224 e. The fourth-order valence-electron chi connectivity index (χ4n) is 4.07. The number of Topliss-reactive ketones (excluding diaryl/α,β-unsaturated/α-hetero) is 1.